The number of aliphatic hydroxyl groups is 1. The number of halogens is 1. The summed E-state index contributed by atoms with van der Waals surface area (Å²) in [6.07, 6.45) is 3.39. The molecule has 1 aromatic carbocycles. The molecule has 0 aliphatic carbocycles. The summed E-state index contributed by atoms with van der Waals surface area (Å²) >= 11 is 0. The highest BCUT2D eigenvalue weighted by Crippen LogP contribution is 2.48. The van der Waals surface area contributed by atoms with Crippen LogP contribution in [0, 0.1) is 5.82 Å². The van der Waals surface area contributed by atoms with Crippen molar-refractivity contribution in [2.24, 2.45) is 0 Å². The Morgan fingerprint density at radius 1 is 1.32 bits per heavy atom. The second-order valence-electron chi connectivity index (χ2n) is 4.31. The molecule has 2 aliphatic rings. The van der Waals surface area contributed by atoms with Gasteiger partial charge >= 0.3 is 0 Å². The second-order valence-corrected chi connectivity index (χ2v) is 6.31. The van der Waals surface area contributed by atoms with Gasteiger partial charge in [0.25, 0.3) is 0 Å². The van der Waals surface area contributed by atoms with Crippen molar-refractivity contribution in [3.05, 3.63) is 52.7 Å². The van der Waals surface area contributed by atoms with Gasteiger partial charge in [0.05, 0.1) is 19.2 Å². The summed E-state index contributed by atoms with van der Waals surface area (Å²) in [7, 11) is -0.720. The molecule has 102 valence electrons. The van der Waals surface area contributed by atoms with Crippen molar-refractivity contribution < 1.29 is 19.0 Å². The van der Waals surface area contributed by atoms with E-state index in [2.05, 4.69) is 0 Å². The molecule has 1 aromatic rings. The topological polar surface area (TPSA) is 38.7 Å². The SMILES string of the molecule is OC[SH]1C=CC=C1c1ccc(F)cc1C1OCCO1. The Kier molecular flexibility index (Phi) is 3.70. The predicted molar refractivity (Wildman–Crippen MR) is 74.2 cm³/mol. The molecule has 0 amide bonds. The molecule has 19 heavy (non-hydrogen) atoms. The Morgan fingerprint density at radius 3 is 2.84 bits per heavy atom. The van der Waals surface area contributed by atoms with E-state index >= 15 is 0 Å². The molecule has 2 aliphatic heterocycles. The van der Waals surface area contributed by atoms with Crippen LogP contribution in [0.3, 0.4) is 0 Å². The number of aliphatic hydroxyl groups excluding tert-OH is 1. The lowest BCUT2D eigenvalue weighted by Gasteiger charge is -2.20. The molecule has 1 unspecified atom stereocenters. The summed E-state index contributed by atoms with van der Waals surface area (Å²) in [5.74, 6) is -0.210. The zero-order valence-electron chi connectivity index (χ0n) is 10.3. The third-order valence-corrected chi connectivity index (χ3v) is 4.99. The first kappa shape index (κ1) is 12.9. The third-order valence-electron chi connectivity index (χ3n) is 3.15. The average Bonchev–Trinajstić information content (AvgIpc) is 3.09. The molecule has 0 radical (unpaired) electrons. The fourth-order valence-corrected chi connectivity index (χ4v) is 3.77. The minimum atomic E-state index is -0.720. The average molecular weight is 282 g/mol. The zero-order chi connectivity index (χ0) is 13.2. The predicted octanol–water partition coefficient (Wildman–Crippen LogP) is 2.69. The number of thiol groups is 1. The van der Waals surface area contributed by atoms with Crippen LogP contribution in [0.2, 0.25) is 0 Å². The van der Waals surface area contributed by atoms with Gasteiger partial charge in [-0.3, -0.25) is 0 Å². The van der Waals surface area contributed by atoms with Crippen LogP contribution in [0.4, 0.5) is 4.39 Å². The quantitative estimate of drug-likeness (QED) is 0.837. The van der Waals surface area contributed by atoms with Crippen LogP contribution < -0.4 is 0 Å². The molecule has 3 rings (SSSR count). The van der Waals surface area contributed by atoms with Gasteiger partial charge in [0, 0.05) is 10.5 Å². The molecule has 3 nitrogen and oxygen atoms in total. The summed E-state index contributed by atoms with van der Waals surface area (Å²) in [5, 5.41) is 11.4. The maximum absolute atomic E-state index is 13.5. The van der Waals surface area contributed by atoms with Gasteiger partial charge in [-0.1, -0.05) is 12.1 Å². The van der Waals surface area contributed by atoms with E-state index in [4.69, 9.17) is 9.47 Å². The molecule has 1 fully saturated rings. The Bertz CT molecular complexity index is 535. The van der Waals surface area contributed by atoms with E-state index < -0.39 is 17.2 Å². The Labute approximate surface area is 113 Å². The van der Waals surface area contributed by atoms with Crippen LogP contribution in [0.15, 0.2) is 35.8 Å². The van der Waals surface area contributed by atoms with Gasteiger partial charge in [0.1, 0.15) is 5.82 Å². The summed E-state index contributed by atoms with van der Waals surface area (Å²) in [4.78, 5) is 1.03. The van der Waals surface area contributed by atoms with E-state index in [1.165, 1.54) is 12.1 Å². The zero-order valence-corrected chi connectivity index (χ0v) is 11.1. The first-order valence-corrected chi connectivity index (χ1v) is 7.68. The van der Waals surface area contributed by atoms with Crippen molar-refractivity contribution in [3.8, 4) is 0 Å². The highest BCUT2D eigenvalue weighted by molar-refractivity contribution is 8.27. The van der Waals surface area contributed by atoms with Crippen LogP contribution in [-0.2, 0) is 9.47 Å². The monoisotopic (exact) mass is 282 g/mol. The van der Waals surface area contributed by atoms with Gasteiger partial charge in [-0.25, -0.2) is 4.39 Å². The molecule has 1 atom stereocenters. The number of allylic oxidation sites excluding steroid dienone is 2. The summed E-state index contributed by atoms with van der Waals surface area (Å²) in [6, 6.07) is 4.62. The number of benzene rings is 1. The van der Waals surface area contributed by atoms with Gasteiger partial charge in [0.15, 0.2) is 6.29 Å². The van der Waals surface area contributed by atoms with Crippen molar-refractivity contribution in [1.29, 1.82) is 0 Å². The molecule has 0 aromatic heterocycles. The van der Waals surface area contributed by atoms with Crippen molar-refractivity contribution in [3.63, 3.8) is 0 Å². The molecule has 0 bridgehead atoms. The number of hydrogen-bond donors (Lipinski definition) is 2. The molecule has 0 spiro atoms. The van der Waals surface area contributed by atoms with Crippen LogP contribution in [0.25, 0.3) is 4.91 Å². The third kappa shape index (κ3) is 2.47. The van der Waals surface area contributed by atoms with Crippen LogP contribution in [-0.4, -0.2) is 24.3 Å². The highest BCUT2D eigenvalue weighted by Gasteiger charge is 2.25. The van der Waals surface area contributed by atoms with Gasteiger partial charge in [0.2, 0.25) is 0 Å². The minimum absolute atomic E-state index is 0.0981. The summed E-state index contributed by atoms with van der Waals surface area (Å²) in [6.45, 7) is 1.04. The summed E-state index contributed by atoms with van der Waals surface area (Å²) in [5.41, 5.74) is 1.60. The lowest BCUT2D eigenvalue weighted by atomic mass is 10.1. The van der Waals surface area contributed by atoms with Gasteiger partial charge in [-0.15, -0.1) is 0 Å². The normalized spacial score (nSPS) is 24.9. The molecule has 2 heterocycles. The maximum Gasteiger partial charge on any atom is 0.184 e. The fourth-order valence-electron chi connectivity index (χ4n) is 2.28. The van der Waals surface area contributed by atoms with E-state index in [-0.39, 0.29) is 11.8 Å². The number of rotatable bonds is 3. The fraction of sp³-hybridized carbons (Fsp3) is 0.286. The van der Waals surface area contributed by atoms with Crippen molar-refractivity contribution in [1.82, 2.24) is 0 Å². The van der Waals surface area contributed by atoms with Gasteiger partial charge in [-0.2, -0.15) is 10.9 Å². The molecular weight excluding hydrogens is 267 g/mol. The Morgan fingerprint density at radius 2 is 2.11 bits per heavy atom. The van der Waals surface area contributed by atoms with Crippen molar-refractivity contribution >= 4 is 15.8 Å². The number of ether oxygens (including phenoxy) is 2. The molecular formula is C14H15FO3S. The highest BCUT2D eigenvalue weighted by atomic mass is 32.2. The molecule has 1 N–H and O–H groups in total. The van der Waals surface area contributed by atoms with Crippen LogP contribution in [0.1, 0.15) is 17.4 Å². The molecule has 1 saturated heterocycles. The lowest BCUT2D eigenvalue weighted by Crippen LogP contribution is -2.04. The minimum Gasteiger partial charge on any atom is -0.387 e. The van der Waals surface area contributed by atoms with Crippen LogP contribution >= 0.6 is 10.9 Å². The van der Waals surface area contributed by atoms with E-state index in [1.807, 2.05) is 17.6 Å². The van der Waals surface area contributed by atoms with E-state index in [9.17, 15) is 9.50 Å². The van der Waals surface area contributed by atoms with Gasteiger partial charge < -0.3 is 14.6 Å². The van der Waals surface area contributed by atoms with E-state index in [0.29, 0.717) is 18.8 Å². The van der Waals surface area contributed by atoms with E-state index in [0.717, 1.165) is 10.5 Å². The van der Waals surface area contributed by atoms with Crippen molar-refractivity contribution in [2.75, 3.05) is 19.2 Å². The lowest BCUT2D eigenvalue weighted by molar-refractivity contribution is -0.0444. The first-order valence-electron chi connectivity index (χ1n) is 6.08. The summed E-state index contributed by atoms with van der Waals surface area (Å²) < 4.78 is 24.4. The number of hydrogen-bond acceptors (Lipinski definition) is 3. The standard InChI is InChI=1S/C14H15FO3S/c15-10-3-4-11(13-2-1-7-19(13)9-16)12(8-10)14-17-5-6-18-14/h1-4,7-8,14,16,19H,5-6,9H2. The smallest absolute Gasteiger partial charge is 0.184 e. The Balaban J connectivity index is 2.01. The van der Waals surface area contributed by atoms with Crippen molar-refractivity contribution in [2.45, 2.75) is 6.29 Å². The molecule has 0 saturated carbocycles. The molecule has 5 heteroatoms. The largest absolute Gasteiger partial charge is 0.387 e. The van der Waals surface area contributed by atoms with Gasteiger partial charge in [-0.05, 0) is 29.2 Å². The van der Waals surface area contributed by atoms with Crippen LogP contribution in [0.5, 0.6) is 0 Å². The first-order chi connectivity index (χ1) is 9.29. The second kappa shape index (κ2) is 5.46. The van der Waals surface area contributed by atoms with E-state index in [1.54, 1.807) is 6.07 Å². The maximum atomic E-state index is 13.5. The Hall–Kier alpha value is -1.14.